The zero-order chi connectivity index (χ0) is 13.7. The molecule has 0 heterocycles. The molecule has 0 aliphatic carbocycles. The minimum absolute atomic E-state index is 0.277. The van der Waals surface area contributed by atoms with Crippen LogP contribution in [0.4, 0.5) is 10.1 Å². The number of hydrogen-bond acceptors (Lipinski definition) is 3. The number of rotatable bonds is 6. The van der Waals surface area contributed by atoms with E-state index in [1.165, 1.54) is 6.07 Å². The average molecular weight is 254 g/mol. The van der Waals surface area contributed by atoms with E-state index in [0.717, 1.165) is 19.5 Å². The van der Waals surface area contributed by atoms with Crippen LogP contribution in [0.3, 0.4) is 0 Å². The van der Waals surface area contributed by atoms with E-state index in [1.807, 2.05) is 26.0 Å². The molecule has 0 bridgehead atoms. The topological polar surface area (TPSA) is 26.7 Å². The highest BCUT2D eigenvalue weighted by atomic mass is 19.1. The molecule has 0 unspecified atom stereocenters. The lowest BCUT2D eigenvalue weighted by Gasteiger charge is -2.24. The summed E-state index contributed by atoms with van der Waals surface area (Å²) in [6, 6.07) is 4.84. The minimum atomic E-state index is -0.660. The van der Waals surface area contributed by atoms with Crippen molar-refractivity contribution in [2.75, 3.05) is 39.1 Å². The fourth-order valence-corrected chi connectivity index (χ4v) is 2.01. The van der Waals surface area contributed by atoms with Gasteiger partial charge in [0.25, 0.3) is 0 Å². The predicted molar refractivity (Wildman–Crippen MR) is 73.5 cm³/mol. The average Bonchev–Trinajstić information content (AvgIpc) is 2.27. The quantitative estimate of drug-likeness (QED) is 0.843. The fraction of sp³-hybridized carbons (Fsp3) is 0.571. The van der Waals surface area contributed by atoms with Crippen LogP contribution in [0, 0.1) is 5.82 Å². The summed E-state index contributed by atoms with van der Waals surface area (Å²) in [4.78, 5) is 3.98. The normalized spacial score (nSPS) is 12.8. The van der Waals surface area contributed by atoms with Crippen molar-refractivity contribution >= 4 is 5.69 Å². The molecule has 0 saturated heterocycles. The van der Waals surface area contributed by atoms with Crippen LogP contribution in [0.25, 0.3) is 0 Å². The summed E-state index contributed by atoms with van der Waals surface area (Å²) in [5.41, 5.74) is 1.15. The van der Waals surface area contributed by atoms with Crippen LogP contribution in [0.15, 0.2) is 18.2 Å². The van der Waals surface area contributed by atoms with E-state index < -0.39 is 6.10 Å². The number of aliphatic hydroxyl groups excluding tert-OH is 1. The van der Waals surface area contributed by atoms with Crippen molar-refractivity contribution in [2.24, 2.45) is 0 Å². The molecule has 18 heavy (non-hydrogen) atoms. The number of halogens is 1. The zero-order valence-electron chi connectivity index (χ0n) is 11.7. The first kappa shape index (κ1) is 14.9. The Labute approximate surface area is 109 Å². The van der Waals surface area contributed by atoms with Gasteiger partial charge in [-0.2, -0.15) is 0 Å². The summed E-state index contributed by atoms with van der Waals surface area (Å²) in [7, 11) is 5.90. The van der Waals surface area contributed by atoms with Crippen LogP contribution in [0.5, 0.6) is 0 Å². The van der Waals surface area contributed by atoms with Gasteiger partial charge in [0, 0.05) is 19.2 Å². The molecule has 102 valence electrons. The van der Waals surface area contributed by atoms with Crippen molar-refractivity contribution in [3.63, 3.8) is 0 Å². The highest BCUT2D eigenvalue weighted by molar-refractivity contribution is 5.55. The van der Waals surface area contributed by atoms with Gasteiger partial charge in [-0.1, -0.05) is 12.1 Å². The number of anilines is 1. The number of benzene rings is 1. The third-order valence-electron chi connectivity index (χ3n) is 2.95. The van der Waals surface area contributed by atoms with E-state index in [4.69, 9.17) is 0 Å². The van der Waals surface area contributed by atoms with Crippen molar-refractivity contribution in [2.45, 2.75) is 19.4 Å². The monoisotopic (exact) mass is 254 g/mol. The maximum Gasteiger partial charge on any atom is 0.146 e. The lowest BCUT2D eigenvalue weighted by molar-refractivity contribution is 0.199. The molecule has 1 rings (SSSR count). The van der Waals surface area contributed by atoms with Gasteiger partial charge in [0.1, 0.15) is 5.82 Å². The van der Waals surface area contributed by atoms with Crippen molar-refractivity contribution in [1.82, 2.24) is 4.90 Å². The van der Waals surface area contributed by atoms with Crippen molar-refractivity contribution in [3.05, 3.63) is 29.6 Å². The summed E-state index contributed by atoms with van der Waals surface area (Å²) < 4.78 is 13.9. The first-order valence-corrected chi connectivity index (χ1v) is 6.25. The molecule has 0 fully saturated rings. The lowest BCUT2D eigenvalue weighted by Crippen LogP contribution is -2.25. The highest BCUT2D eigenvalue weighted by Crippen LogP contribution is 2.28. The first-order valence-electron chi connectivity index (χ1n) is 6.25. The van der Waals surface area contributed by atoms with E-state index in [9.17, 15) is 9.50 Å². The molecule has 1 aromatic carbocycles. The first-order chi connectivity index (χ1) is 8.43. The molecular formula is C14H23FN2O. The van der Waals surface area contributed by atoms with Crippen LogP contribution in [-0.4, -0.2) is 44.2 Å². The Kier molecular flexibility index (Phi) is 5.56. The number of nitrogens with zero attached hydrogens (tertiary/aromatic N) is 2. The Morgan fingerprint density at radius 2 is 1.89 bits per heavy atom. The maximum absolute atomic E-state index is 13.9. The Bertz CT molecular complexity index is 380. The molecule has 3 nitrogen and oxygen atoms in total. The van der Waals surface area contributed by atoms with Gasteiger partial charge < -0.3 is 14.9 Å². The Balaban J connectivity index is 2.80. The van der Waals surface area contributed by atoms with Crippen molar-refractivity contribution < 1.29 is 9.50 Å². The van der Waals surface area contributed by atoms with E-state index >= 15 is 0 Å². The molecule has 0 aliphatic heterocycles. The van der Waals surface area contributed by atoms with Gasteiger partial charge in [-0.3, -0.25) is 0 Å². The Morgan fingerprint density at radius 3 is 2.44 bits per heavy atom. The van der Waals surface area contributed by atoms with Crippen LogP contribution < -0.4 is 4.90 Å². The molecule has 0 radical (unpaired) electrons. The fourth-order valence-electron chi connectivity index (χ4n) is 2.01. The molecule has 0 aliphatic rings. The second-order valence-electron chi connectivity index (χ2n) is 4.93. The Morgan fingerprint density at radius 1 is 1.22 bits per heavy atom. The Hall–Kier alpha value is -1.13. The van der Waals surface area contributed by atoms with Gasteiger partial charge in [-0.25, -0.2) is 4.39 Å². The van der Waals surface area contributed by atoms with Gasteiger partial charge in [-0.15, -0.1) is 0 Å². The molecule has 0 saturated carbocycles. The van der Waals surface area contributed by atoms with Gasteiger partial charge in [-0.05, 0) is 40.1 Å². The van der Waals surface area contributed by atoms with Crippen LogP contribution >= 0.6 is 0 Å². The summed E-state index contributed by atoms with van der Waals surface area (Å²) in [6.45, 7) is 3.38. The summed E-state index contributed by atoms with van der Waals surface area (Å²) in [5, 5.41) is 9.69. The predicted octanol–water partition coefficient (Wildman–Crippen LogP) is 2.27. The third kappa shape index (κ3) is 3.96. The molecule has 4 heteroatoms. The molecule has 1 N–H and O–H groups in total. The van der Waals surface area contributed by atoms with Crippen molar-refractivity contribution in [1.29, 1.82) is 0 Å². The second-order valence-corrected chi connectivity index (χ2v) is 4.93. The van der Waals surface area contributed by atoms with E-state index in [-0.39, 0.29) is 5.82 Å². The smallest absolute Gasteiger partial charge is 0.146 e. The minimum Gasteiger partial charge on any atom is -0.389 e. The molecule has 1 atom stereocenters. The van der Waals surface area contributed by atoms with Crippen molar-refractivity contribution in [3.8, 4) is 0 Å². The second kappa shape index (κ2) is 6.71. The molecule has 0 amide bonds. The van der Waals surface area contributed by atoms with Crippen LogP contribution in [-0.2, 0) is 0 Å². The van der Waals surface area contributed by atoms with Gasteiger partial charge in [0.05, 0.1) is 11.8 Å². The van der Waals surface area contributed by atoms with E-state index in [2.05, 4.69) is 4.90 Å². The number of aliphatic hydroxyl groups is 1. The number of hydrogen-bond donors (Lipinski definition) is 1. The SMILES string of the molecule is C[C@@H](O)c1cccc(F)c1N(C)CCCN(C)C. The summed E-state index contributed by atoms with van der Waals surface area (Å²) in [5.74, 6) is -0.277. The van der Waals surface area contributed by atoms with E-state index in [0.29, 0.717) is 11.3 Å². The molecule has 0 aromatic heterocycles. The number of para-hydroxylation sites is 1. The highest BCUT2D eigenvalue weighted by Gasteiger charge is 2.15. The van der Waals surface area contributed by atoms with E-state index in [1.54, 1.807) is 19.1 Å². The van der Waals surface area contributed by atoms with Gasteiger partial charge in [0.15, 0.2) is 0 Å². The lowest BCUT2D eigenvalue weighted by atomic mass is 10.1. The summed E-state index contributed by atoms with van der Waals surface area (Å²) >= 11 is 0. The molecule has 0 spiro atoms. The molecular weight excluding hydrogens is 231 g/mol. The maximum atomic E-state index is 13.9. The van der Waals surface area contributed by atoms with Crippen LogP contribution in [0.2, 0.25) is 0 Å². The standard InChI is InChI=1S/C14H23FN2O/c1-11(18)12-7-5-8-13(15)14(12)17(4)10-6-9-16(2)3/h5,7-8,11,18H,6,9-10H2,1-4H3/t11-/m1/s1. The van der Waals surface area contributed by atoms with Gasteiger partial charge >= 0.3 is 0 Å². The third-order valence-corrected chi connectivity index (χ3v) is 2.95. The largest absolute Gasteiger partial charge is 0.389 e. The van der Waals surface area contributed by atoms with Gasteiger partial charge in [0.2, 0.25) is 0 Å². The van der Waals surface area contributed by atoms with Crippen LogP contribution in [0.1, 0.15) is 25.0 Å². The molecule has 1 aromatic rings. The zero-order valence-corrected chi connectivity index (χ0v) is 11.7. The summed E-state index contributed by atoms with van der Waals surface area (Å²) in [6.07, 6.45) is 0.295.